The van der Waals surface area contributed by atoms with E-state index in [0.717, 1.165) is 25.9 Å². The highest BCUT2D eigenvalue weighted by molar-refractivity contribution is 7.10. The zero-order chi connectivity index (χ0) is 15.1. The third-order valence-electron chi connectivity index (χ3n) is 4.81. The number of fused-ring (bicyclic) bond motifs is 2. The van der Waals surface area contributed by atoms with Crippen molar-refractivity contribution in [2.45, 2.75) is 32.4 Å². The molecule has 0 radical (unpaired) electrons. The van der Waals surface area contributed by atoms with Crippen LogP contribution in [0, 0.1) is 0 Å². The summed E-state index contributed by atoms with van der Waals surface area (Å²) in [5.74, 6) is 0.250. The number of anilines is 1. The second-order valence-electron chi connectivity index (χ2n) is 6.24. The van der Waals surface area contributed by atoms with Crippen LogP contribution in [-0.2, 0) is 24.2 Å². The number of carbonyl (C=O) groups excluding carboxylic acids is 1. The molecular formula is C18H20N2OS. The number of benzene rings is 1. The molecule has 0 N–H and O–H groups in total. The second-order valence-corrected chi connectivity index (χ2v) is 7.24. The summed E-state index contributed by atoms with van der Waals surface area (Å²) in [6.45, 7) is 4.34. The maximum Gasteiger partial charge on any atom is 0.242 e. The SMILES string of the molecule is C[C@H]1Cc2ccccc2N1CC(=O)N1CCc2sccc2C1. The summed E-state index contributed by atoms with van der Waals surface area (Å²) in [6, 6.07) is 11.0. The van der Waals surface area contributed by atoms with E-state index in [0.29, 0.717) is 12.6 Å². The van der Waals surface area contributed by atoms with Crippen LogP contribution in [0.1, 0.15) is 22.9 Å². The summed E-state index contributed by atoms with van der Waals surface area (Å²) >= 11 is 1.81. The van der Waals surface area contributed by atoms with Crippen molar-refractivity contribution in [2.24, 2.45) is 0 Å². The van der Waals surface area contributed by atoms with Crippen LogP contribution in [0.4, 0.5) is 5.69 Å². The first-order valence-corrected chi connectivity index (χ1v) is 8.78. The molecule has 0 aliphatic carbocycles. The van der Waals surface area contributed by atoms with E-state index in [9.17, 15) is 4.79 Å². The van der Waals surface area contributed by atoms with E-state index >= 15 is 0 Å². The van der Waals surface area contributed by atoms with Gasteiger partial charge in [-0.15, -0.1) is 11.3 Å². The Hall–Kier alpha value is -1.81. The lowest BCUT2D eigenvalue weighted by molar-refractivity contribution is -0.130. The Morgan fingerprint density at radius 2 is 2.14 bits per heavy atom. The fourth-order valence-corrected chi connectivity index (χ4v) is 4.47. The Labute approximate surface area is 135 Å². The Morgan fingerprint density at radius 3 is 3.05 bits per heavy atom. The number of nitrogens with zero attached hydrogens (tertiary/aromatic N) is 2. The average Bonchev–Trinajstić information content (AvgIpc) is 3.11. The molecule has 2 aromatic rings. The van der Waals surface area contributed by atoms with Crippen molar-refractivity contribution >= 4 is 22.9 Å². The topological polar surface area (TPSA) is 23.6 Å². The molecule has 0 spiro atoms. The van der Waals surface area contributed by atoms with Gasteiger partial charge in [0.25, 0.3) is 0 Å². The minimum atomic E-state index is 0.250. The van der Waals surface area contributed by atoms with Crippen LogP contribution in [0.2, 0.25) is 0 Å². The first-order valence-electron chi connectivity index (χ1n) is 7.90. The largest absolute Gasteiger partial charge is 0.359 e. The number of rotatable bonds is 2. The maximum atomic E-state index is 12.7. The lowest BCUT2D eigenvalue weighted by atomic mass is 10.1. The van der Waals surface area contributed by atoms with Gasteiger partial charge in [0.15, 0.2) is 0 Å². The van der Waals surface area contributed by atoms with E-state index in [4.69, 9.17) is 0 Å². The van der Waals surface area contributed by atoms with Gasteiger partial charge in [0.2, 0.25) is 5.91 Å². The molecule has 22 heavy (non-hydrogen) atoms. The molecule has 1 atom stereocenters. The van der Waals surface area contributed by atoms with Crippen molar-refractivity contribution < 1.29 is 4.79 Å². The molecule has 4 rings (SSSR count). The zero-order valence-electron chi connectivity index (χ0n) is 12.8. The fraction of sp³-hybridized carbons (Fsp3) is 0.389. The van der Waals surface area contributed by atoms with Crippen molar-refractivity contribution in [3.05, 3.63) is 51.7 Å². The number of amides is 1. The van der Waals surface area contributed by atoms with E-state index in [1.54, 1.807) is 0 Å². The van der Waals surface area contributed by atoms with Gasteiger partial charge in [-0.05, 0) is 48.4 Å². The summed E-state index contributed by atoms with van der Waals surface area (Å²) < 4.78 is 0. The Bertz CT molecular complexity index is 709. The van der Waals surface area contributed by atoms with Crippen LogP contribution in [0.3, 0.4) is 0 Å². The summed E-state index contributed by atoms with van der Waals surface area (Å²) in [5.41, 5.74) is 3.93. The van der Waals surface area contributed by atoms with Crippen LogP contribution in [0.5, 0.6) is 0 Å². The van der Waals surface area contributed by atoms with Gasteiger partial charge in [-0.1, -0.05) is 18.2 Å². The molecule has 1 aromatic carbocycles. The summed E-state index contributed by atoms with van der Waals surface area (Å²) in [6.07, 6.45) is 2.04. The van der Waals surface area contributed by atoms with Crippen LogP contribution < -0.4 is 4.90 Å². The highest BCUT2D eigenvalue weighted by atomic mass is 32.1. The van der Waals surface area contributed by atoms with Gasteiger partial charge in [0.05, 0.1) is 6.54 Å². The quantitative estimate of drug-likeness (QED) is 0.851. The van der Waals surface area contributed by atoms with Crippen LogP contribution in [0.15, 0.2) is 35.7 Å². The monoisotopic (exact) mass is 312 g/mol. The molecule has 0 unspecified atom stereocenters. The number of thiophene rings is 1. The average molecular weight is 312 g/mol. The van der Waals surface area contributed by atoms with Crippen LogP contribution in [0.25, 0.3) is 0 Å². The van der Waals surface area contributed by atoms with Crippen molar-refractivity contribution in [3.63, 3.8) is 0 Å². The lowest BCUT2D eigenvalue weighted by Crippen LogP contribution is -2.44. The third-order valence-corrected chi connectivity index (χ3v) is 5.84. The highest BCUT2D eigenvalue weighted by Crippen LogP contribution is 2.32. The molecule has 1 amide bonds. The second kappa shape index (κ2) is 5.43. The van der Waals surface area contributed by atoms with Gasteiger partial charge in [0.1, 0.15) is 0 Å². The molecule has 2 aliphatic heterocycles. The van der Waals surface area contributed by atoms with Gasteiger partial charge in [-0.25, -0.2) is 0 Å². The molecule has 0 fully saturated rings. The van der Waals surface area contributed by atoms with Crippen molar-refractivity contribution in [3.8, 4) is 0 Å². The number of carbonyl (C=O) groups is 1. The Balaban J connectivity index is 1.49. The summed E-state index contributed by atoms with van der Waals surface area (Å²) in [5, 5.41) is 2.14. The standard InChI is InChI=1S/C18H20N2OS/c1-13-10-14-4-2-3-5-16(14)20(13)12-18(21)19-8-6-17-15(11-19)7-9-22-17/h2-5,7,9,13H,6,8,10-12H2,1H3/t13-/m0/s1. The molecule has 4 heteroatoms. The predicted octanol–water partition coefficient (Wildman–Crippen LogP) is 3.08. The lowest BCUT2D eigenvalue weighted by Gasteiger charge is -2.31. The normalized spacial score (nSPS) is 20.0. The van der Waals surface area contributed by atoms with Gasteiger partial charge >= 0.3 is 0 Å². The Kier molecular flexibility index (Phi) is 3.41. The smallest absolute Gasteiger partial charge is 0.242 e. The minimum Gasteiger partial charge on any atom is -0.359 e. The number of para-hydroxylation sites is 1. The molecule has 0 saturated heterocycles. The van der Waals surface area contributed by atoms with E-state index in [1.807, 2.05) is 16.2 Å². The third kappa shape index (κ3) is 2.31. The van der Waals surface area contributed by atoms with Gasteiger partial charge in [-0.2, -0.15) is 0 Å². The molecule has 114 valence electrons. The van der Waals surface area contributed by atoms with Crippen molar-refractivity contribution in [2.75, 3.05) is 18.0 Å². The maximum absolute atomic E-state index is 12.7. The molecule has 3 nitrogen and oxygen atoms in total. The number of hydrogen-bond donors (Lipinski definition) is 0. The molecular weight excluding hydrogens is 292 g/mol. The predicted molar refractivity (Wildman–Crippen MR) is 90.4 cm³/mol. The molecule has 0 bridgehead atoms. The van der Waals surface area contributed by atoms with Crippen LogP contribution >= 0.6 is 11.3 Å². The first-order chi connectivity index (χ1) is 10.7. The van der Waals surface area contributed by atoms with E-state index in [1.165, 1.54) is 21.7 Å². The highest BCUT2D eigenvalue weighted by Gasteiger charge is 2.29. The number of hydrogen-bond acceptors (Lipinski definition) is 3. The molecule has 0 saturated carbocycles. The van der Waals surface area contributed by atoms with E-state index in [-0.39, 0.29) is 5.91 Å². The first kappa shape index (κ1) is 13.8. The van der Waals surface area contributed by atoms with E-state index in [2.05, 4.69) is 47.5 Å². The van der Waals surface area contributed by atoms with Gasteiger partial charge in [-0.3, -0.25) is 4.79 Å². The van der Waals surface area contributed by atoms with Crippen molar-refractivity contribution in [1.82, 2.24) is 4.90 Å². The fourth-order valence-electron chi connectivity index (χ4n) is 3.58. The molecule has 1 aromatic heterocycles. The van der Waals surface area contributed by atoms with Gasteiger partial charge < -0.3 is 9.80 Å². The molecule has 3 heterocycles. The summed E-state index contributed by atoms with van der Waals surface area (Å²) in [4.78, 5) is 18.5. The molecule has 2 aliphatic rings. The summed E-state index contributed by atoms with van der Waals surface area (Å²) in [7, 11) is 0. The van der Waals surface area contributed by atoms with Crippen LogP contribution in [-0.4, -0.2) is 29.9 Å². The Morgan fingerprint density at radius 1 is 1.27 bits per heavy atom. The minimum absolute atomic E-state index is 0.250. The van der Waals surface area contributed by atoms with Crippen molar-refractivity contribution in [1.29, 1.82) is 0 Å². The van der Waals surface area contributed by atoms with E-state index < -0.39 is 0 Å². The zero-order valence-corrected chi connectivity index (χ0v) is 13.6. The van der Waals surface area contributed by atoms with Gasteiger partial charge in [0, 0.05) is 29.7 Å².